The SMILES string of the molecule is O=C(Cl)C1=C(c2ccccc2)S(=O)(=O)CCO1. The fourth-order valence-electron chi connectivity index (χ4n) is 1.61. The minimum atomic E-state index is -3.52. The molecule has 1 aromatic rings. The fraction of sp³-hybridized carbons (Fsp3) is 0.182. The topological polar surface area (TPSA) is 60.4 Å². The van der Waals surface area contributed by atoms with Crippen LogP contribution in [0.5, 0.6) is 0 Å². The van der Waals surface area contributed by atoms with Crippen molar-refractivity contribution in [2.45, 2.75) is 0 Å². The van der Waals surface area contributed by atoms with Gasteiger partial charge in [0.15, 0.2) is 15.6 Å². The number of halogens is 1. The predicted molar refractivity (Wildman–Crippen MR) is 64.0 cm³/mol. The van der Waals surface area contributed by atoms with Crippen LogP contribution in [0.1, 0.15) is 5.56 Å². The van der Waals surface area contributed by atoms with E-state index in [2.05, 4.69) is 0 Å². The van der Waals surface area contributed by atoms with Crippen LogP contribution < -0.4 is 0 Å². The van der Waals surface area contributed by atoms with Gasteiger partial charge in [-0.05, 0) is 17.2 Å². The van der Waals surface area contributed by atoms with Crippen molar-refractivity contribution in [1.29, 1.82) is 0 Å². The van der Waals surface area contributed by atoms with Crippen molar-refractivity contribution in [3.8, 4) is 0 Å². The van der Waals surface area contributed by atoms with Crippen molar-refractivity contribution in [2.24, 2.45) is 0 Å². The van der Waals surface area contributed by atoms with Crippen molar-refractivity contribution in [3.05, 3.63) is 41.7 Å². The highest BCUT2D eigenvalue weighted by atomic mass is 35.5. The number of ether oxygens (including phenoxy) is 1. The summed E-state index contributed by atoms with van der Waals surface area (Å²) in [6.45, 7) is -0.0491. The Labute approximate surface area is 104 Å². The van der Waals surface area contributed by atoms with Gasteiger partial charge in [-0.25, -0.2) is 8.42 Å². The van der Waals surface area contributed by atoms with Crippen LogP contribution in [0.3, 0.4) is 0 Å². The number of hydrogen-bond acceptors (Lipinski definition) is 4. The van der Waals surface area contributed by atoms with Gasteiger partial charge in [0.25, 0.3) is 5.24 Å². The van der Waals surface area contributed by atoms with E-state index in [-0.39, 0.29) is 23.0 Å². The van der Waals surface area contributed by atoms with E-state index in [1.807, 2.05) is 0 Å². The van der Waals surface area contributed by atoms with E-state index < -0.39 is 15.1 Å². The van der Waals surface area contributed by atoms with Crippen LogP contribution in [-0.2, 0) is 19.4 Å². The van der Waals surface area contributed by atoms with E-state index in [0.717, 1.165) is 0 Å². The maximum atomic E-state index is 11.9. The average molecular weight is 273 g/mol. The molecule has 0 unspecified atom stereocenters. The molecule has 0 amide bonds. The van der Waals surface area contributed by atoms with Gasteiger partial charge in [-0.2, -0.15) is 0 Å². The Morgan fingerprint density at radius 3 is 2.47 bits per heavy atom. The van der Waals surface area contributed by atoms with Crippen LogP contribution in [0.25, 0.3) is 4.91 Å². The van der Waals surface area contributed by atoms with Crippen LogP contribution in [0, 0.1) is 0 Å². The molecule has 1 heterocycles. The van der Waals surface area contributed by atoms with Crippen molar-refractivity contribution < 1.29 is 17.9 Å². The molecule has 0 saturated carbocycles. The Morgan fingerprint density at radius 1 is 1.24 bits per heavy atom. The van der Waals surface area contributed by atoms with Crippen molar-refractivity contribution in [1.82, 2.24) is 0 Å². The van der Waals surface area contributed by atoms with Gasteiger partial charge in [-0.3, -0.25) is 4.79 Å². The molecule has 1 aliphatic heterocycles. The summed E-state index contributed by atoms with van der Waals surface area (Å²) >= 11 is 5.34. The molecule has 0 aromatic heterocycles. The van der Waals surface area contributed by atoms with Crippen LogP contribution >= 0.6 is 11.6 Å². The molecule has 1 aromatic carbocycles. The van der Waals surface area contributed by atoms with E-state index >= 15 is 0 Å². The van der Waals surface area contributed by atoms with E-state index in [4.69, 9.17) is 16.3 Å². The molecular weight excluding hydrogens is 264 g/mol. The molecule has 1 aliphatic rings. The Kier molecular flexibility index (Phi) is 3.22. The first kappa shape index (κ1) is 12.1. The largest absolute Gasteiger partial charge is 0.486 e. The molecule has 0 N–H and O–H groups in total. The number of sulfone groups is 1. The number of rotatable bonds is 2. The molecular formula is C11H9ClO4S. The summed E-state index contributed by atoms with van der Waals surface area (Å²) in [4.78, 5) is 11.1. The summed E-state index contributed by atoms with van der Waals surface area (Å²) in [5, 5.41) is -0.896. The van der Waals surface area contributed by atoms with Gasteiger partial charge in [0.2, 0.25) is 0 Å². The highest BCUT2D eigenvalue weighted by Crippen LogP contribution is 2.30. The van der Waals surface area contributed by atoms with Gasteiger partial charge in [0.1, 0.15) is 11.5 Å². The summed E-state index contributed by atoms with van der Waals surface area (Å²) in [5.41, 5.74) is 0.413. The second kappa shape index (κ2) is 4.50. The number of carbonyl (C=O) groups excluding carboxylic acids is 1. The summed E-state index contributed by atoms with van der Waals surface area (Å²) in [6.07, 6.45) is 0. The Morgan fingerprint density at radius 2 is 1.88 bits per heavy atom. The molecule has 17 heavy (non-hydrogen) atoms. The summed E-state index contributed by atoms with van der Waals surface area (Å²) in [6, 6.07) is 8.32. The zero-order valence-corrected chi connectivity index (χ0v) is 10.3. The Hall–Kier alpha value is -1.33. The highest BCUT2D eigenvalue weighted by Gasteiger charge is 2.32. The molecule has 90 valence electrons. The lowest BCUT2D eigenvalue weighted by Crippen LogP contribution is -2.23. The zero-order chi connectivity index (χ0) is 12.5. The third kappa shape index (κ3) is 2.35. The first-order valence-electron chi connectivity index (χ1n) is 4.87. The molecule has 0 saturated heterocycles. The smallest absolute Gasteiger partial charge is 0.288 e. The highest BCUT2D eigenvalue weighted by molar-refractivity contribution is 8.00. The number of hydrogen-bond donors (Lipinski definition) is 0. The summed E-state index contributed by atoms with van der Waals surface area (Å²) in [5.74, 6) is -0.436. The monoisotopic (exact) mass is 272 g/mol. The van der Waals surface area contributed by atoms with Gasteiger partial charge in [0, 0.05) is 0 Å². The second-order valence-electron chi connectivity index (χ2n) is 3.47. The van der Waals surface area contributed by atoms with E-state index in [9.17, 15) is 13.2 Å². The average Bonchev–Trinajstić information content (AvgIpc) is 2.28. The Balaban J connectivity index is 2.70. The predicted octanol–water partition coefficient (Wildman–Crippen LogP) is 1.57. The molecule has 4 nitrogen and oxygen atoms in total. The lowest BCUT2D eigenvalue weighted by molar-refractivity contribution is -0.111. The first-order chi connectivity index (χ1) is 8.02. The zero-order valence-electron chi connectivity index (χ0n) is 8.72. The maximum absolute atomic E-state index is 11.9. The van der Waals surface area contributed by atoms with Gasteiger partial charge in [-0.1, -0.05) is 30.3 Å². The normalized spacial score (nSPS) is 18.6. The standard InChI is InChI=1S/C11H9ClO4S/c12-11(13)9-10(8-4-2-1-3-5-8)17(14,15)7-6-16-9/h1-5H,6-7H2. The lowest BCUT2D eigenvalue weighted by Gasteiger charge is -2.19. The second-order valence-corrected chi connectivity index (χ2v) is 5.85. The molecule has 0 bridgehead atoms. The van der Waals surface area contributed by atoms with Crippen LogP contribution in [0.15, 0.2) is 36.1 Å². The van der Waals surface area contributed by atoms with Crippen LogP contribution in [-0.4, -0.2) is 26.0 Å². The maximum Gasteiger partial charge on any atom is 0.288 e. The minimum Gasteiger partial charge on any atom is -0.486 e. The van der Waals surface area contributed by atoms with Gasteiger partial charge in [0.05, 0.1) is 5.75 Å². The third-order valence-corrected chi connectivity index (χ3v) is 4.25. The molecule has 0 fully saturated rings. The van der Waals surface area contributed by atoms with Crippen molar-refractivity contribution in [3.63, 3.8) is 0 Å². The van der Waals surface area contributed by atoms with Crippen molar-refractivity contribution >= 4 is 31.6 Å². The molecule has 0 atom stereocenters. The fourth-order valence-corrected chi connectivity index (χ4v) is 3.25. The third-order valence-electron chi connectivity index (χ3n) is 2.33. The van der Waals surface area contributed by atoms with Gasteiger partial charge < -0.3 is 4.74 Å². The first-order valence-corrected chi connectivity index (χ1v) is 6.90. The molecule has 0 aliphatic carbocycles. The van der Waals surface area contributed by atoms with Crippen LogP contribution in [0.4, 0.5) is 0 Å². The quantitative estimate of drug-likeness (QED) is 0.767. The van der Waals surface area contributed by atoms with E-state index in [1.165, 1.54) is 0 Å². The summed E-state index contributed by atoms with van der Waals surface area (Å²) < 4.78 is 29.0. The van der Waals surface area contributed by atoms with E-state index in [0.29, 0.717) is 5.56 Å². The lowest BCUT2D eigenvalue weighted by atomic mass is 10.2. The molecule has 6 heteroatoms. The number of carbonyl (C=O) groups is 1. The number of benzene rings is 1. The van der Waals surface area contributed by atoms with Gasteiger partial charge in [-0.15, -0.1) is 0 Å². The molecule has 0 spiro atoms. The number of allylic oxidation sites excluding steroid dienone is 1. The Bertz CT molecular complexity index is 575. The van der Waals surface area contributed by atoms with E-state index in [1.54, 1.807) is 30.3 Å². The molecule has 2 rings (SSSR count). The minimum absolute atomic E-state index is 0.0491. The summed E-state index contributed by atoms with van der Waals surface area (Å²) in [7, 11) is -3.52. The van der Waals surface area contributed by atoms with Crippen molar-refractivity contribution in [2.75, 3.05) is 12.4 Å². The van der Waals surface area contributed by atoms with Gasteiger partial charge >= 0.3 is 0 Å². The molecule has 0 radical (unpaired) electrons. The van der Waals surface area contributed by atoms with Crippen LogP contribution in [0.2, 0.25) is 0 Å².